The Balaban J connectivity index is 1.79. The van der Waals surface area contributed by atoms with E-state index in [4.69, 9.17) is 19.0 Å². The molecule has 1 fully saturated rings. The van der Waals surface area contributed by atoms with Crippen LogP contribution in [-0.2, 0) is 4.74 Å². The molecule has 112 valence electrons. The van der Waals surface area contributed by atoms with E-state index in [0.717, 1.165) is 12.8 Å². The molecule has 1 aliphatic heterocycles. The van der Waals surface area contributed by atoms with Crippen LogP contribution in [0.4, 0.5) is 0 Å². The van der Waals surface area contributed by atoms with E-state index in [1.807, 2.05) is 13.8 Å². The fraction of sp³-hybridized carbons (Fsp3) is 0.467. The van der Waals surface area contributed by atoms with Gasteiger partial charge in [-0.2, -0.15) is 4.98 Å². The highest BCUT2D eigenvalue weighted by Gasteiger charge is 2.27. The first-order valence-corrected chi connectivity index (χ1v) is 6.97. The number of hydrogen-bond acceptors (Lipinski definition) is 5. The predicted octanol–water partition coefficient (Wildman–Crippen LogP) is 2.86. The number of oxazole rings is 1. The molecule has 1 saturated heterocycles. The molecule has 6 nitrogen and oxygen atoms in total. The van der Waals surface area contributed by atoms with E-state index in [2.05, 4.69) is 4.98 Å². The van der Waals surface area contributed by atoms with E-state index in [9.17, 15) is 4.79 Å². The Hall–Kier alpha value is -2.08. The maximum Gasteiger partial charge on any atom is 0.394 e. The van der Waals surface area contributed by atoms with Crippen LogP contribution in [0.3, 0.4) is 0 Å². The van der Waals surface area contributed by atoms with Gasteiger partial charge in [-0.25, -0.2) is 4.79 Å². The van der Waals surface area contributed by atoms with Gasteiger partial charge in [0.05, 0.1) is 17.8 Å². The highest BCUT2D eigenvalue weighted by atomic mass is 16.6. The van der Waals surface area contributed by atoms with Crippen LogP contribution in [-0.4, -0.2) is 34.4 Å². The zero-order valence-corrected chi connectivity index (χ0v) is 11.9. The van der Waals surface area contributed by atoms with E-state index >= 15 is 0 Å². The van der Waals surface area contributed by atoms with Gasteiger partial charge in [-0.15, -0.1) is 0 Å². The quantitative estimate of drug-likeness (QED) is 0.936. The van der Waals surface area contributed by atoms with E-state index in [0.29, 0.717) is 11.1 Å². The average molecular weight is 291 g/mol. The molecule has 2 atom stereocenters. The molecule has 0 aliphatic carbocycles. The summed E-state index contributed by atoms with van der Waals surface area (Å²) in [6, 6.07) is 4.56. The number of benzene rings is 1. The second kappa shape index (κ2) is 5.37. The van der Waals surface area contributed by atoms with Crippen LogP contribution in [0.25, 0.3) is 11.1 Å². The summed E-state index contributed by atoms with van der Waals surface area (Å²) in [5.41, 5.74) is 1.17. The van der Waals surface area contributed by atoms with Crippen LogP contribution in [0.2, 0.25) is 0 Å². The number of carboxylic acid groups (broad SMARTS) is 1. The third-order valence-corrected chi connectivity index (χ3v) is 3.54. The van der Waals surface area contributed by atoms with Gasteiger partial charge in [-0.3, -0.25) is 0 Å². The molecular weight excluding hydrogens is 274 g/mol. The molecule has 0 bridgehead atoms. The van der Waals surface area contributed by atoms with Gasteiger partial charge < -0.3 is 19.0 Å². The van der Waals surface area contributed by atoms with Crippen LogP contribution < -0.4 is 4.74 Å². The molecule has 21 heavy (non-hydrogen) atoms. The highest BCUT2D eigenvalue weighted by Crippen LogP contribution is 2.27. The van der Waals surface area contributed by atoms with Gasteiger partial charge in [0.15, 0.2) is 5.58 Å². The summed E-state index contributed by atoms with van der Waals surface area (Å²) in [6.45, 7) is 4.02. The SMILES string of the molecule is CC1CC(Oc2nc3ccc(C(=O)O)cc3o2)CC(C)O1. The minimum absolute atomic E-state index is 0.00393. The number of hydrogen-bond donors (Lipinski definition) is 1. The summed E-state index contributed by atoms with van der Waals surface area (Å²) in [5.74, 6) is -0.997. The molecule has 1 aromatic heterocycles. The van der Waals surface area contributed by atoms with Gasteiger partial charge >= 0.3 is 12.0 Å². The smallest absolute Gasteiger partial charge is 0.394 e. The summed E-state index contributed by atoms with van der Waals surface area (Å²) in [6.07, 6.45) is 2.02. The van der Waals surface area contributed by atoms with Gasteiger partial charge in [0.1, 0.15) is 11.6 Å². The van der Waals surface area contributed by atoms with Crippen molar-refractivity contribution in [1.29, 1.82) is 0 Å². The van der Waals surface area contributed by atoms with Crippen molar-refractivity contribution < 1.29 is 23.8 Å². The topological polar surface area (TPSA) is 81.8 Å². The summed E-state index contributed by atoms with van der Waals surface area (Å²) in [7, 11) is 0. The number of fused-ring (bicyclic) bond motifs is 1. The van der Waals surface area contributed by atoms with E-state index in [1.54, 1.807) is 6.07 Å². The van der Waals surface area contributed by atoms with Crippen LogP contribution in [0.5, 0.6) is 6.08 Å². The summed E-state index contributed by atoms with van der Waals surface area (Å²) in [4.78, 5) is 15.2. The van der Waals surface area contributed by atoms with Crippen LogP contribution in [0.1, 0.15) is 37.0 Å². The lowest BCUT2D eigenvalue weighted by atomic mass is 10.0. The lowest BCUT2D eigenvalue weighted by molar-refractivity contribution is -0.0769. The standard InChI is InChI=1S/C15H17NO5/c1-8-5-11(6-9(2)19-8)20-15-16-12-4-3-10(14(17)18)7-13(12)21-15/h3-4,7-9,11H,5-6H2,1-2H3,(H,17,18). The Labute approximate surface area is 121 Å². The van der Waals surface area contributed by atoms with Crippen molar-refractivity contribution in [2.45, 2.75) is 45.0 Å². The second-order valence-corrected chi connectivity index (χ2v) is 5.44. The molecule has 1 aliphatic rings. The number of carbonyl (C=O) groups is 1. The molecule has 1 N–H and O–H groups in total. The third kappa shape index (κ3) is 3.00. The van der Waals surface area contributed by atoms with Crippen molar-refractivity contribution in [2.75, 3.05) is 0 Å². The molecular formula is C15H17NO5. The maximum absolute atomic E-state index is 10.9. The molecule has 0 amide bonds. The Bertz CT molecular complexity index is 655. The van der Waals surface area contributed by atoms with Crippen LogP contribution >= 0.6 is 0 Å². The van der Waals surface area contributed by atoms with Gasteiger partial charge in [0.25, 0.3) is 0 Å². The third-order valence-electron chi connectivity index (χ3n) is 3.54. The Morgan fingerprint density at radius 1 is 1.33 bits per heavy atom. The van der Waals surface area contributed by atoms with Crippen molar-refractivity contribution in [2.24, 2.45) is 0 Å². The Morgan fingerprint density at radius 2 is 2.05 bits per heavy atom. The molecule has 0 radical (unpaired) electrons. The molecule has 6 heteroatoms. The predicted molar refractivity (Wildman–Crippen MR) is 74.6 cm³/mol. The summed E-state index contributed by atoms with van der Waals surface area (Å²) < 4.78 is 16.9. The molecule has 2 unspecified atom stereocenters. The van der Waals surface area contributed by atoms with Crippen molar-refractivity contribution >= 4 is 17.1 Å². The van der Waals surface area contributed by atoms with E-state index in [-0.39, 0.29) is 30.0 Å². The van der Waals surface area contributed by atoms with Crippen molar-refractivity contribution in [3.05, 3.63) is 23.8 Å². The average Bonchev–Trinajstić information content (AvgIpc) is 2.78. The monoisotopic (exact) mass is 291 g/mol. The molecule has 2 aromatic rings. The van der Waals surface area contributed by atoms with Crippen molar-refractivity contribution in [3.63, 3.8) is 0 Å². The molecule has 0 saturated carbocycles. The fourth-order valence-electron chi connectivity index (χ4n) is 2.67. The van der Waals surface area contributed by atoms with Crippen LogP contribution in [0, 0.1) is 0 Å². The number of nitrogens with zero attached hydrogens (tertiary/aromatic N) is 1. The normalized spacial score (nSPS) is 25.9. The van der Waals surface area contributed by atoms with E-state index < -0.39 is 5.97 Å². The van der Waals surface area contributed by atoms with E-state index in [1.165, 1.54) is 12.1 Å². The molecule has 3 rings (SSSR count). The molecule has 0 spiro atoms. The molecule has 2 heterocycles. The lowest BCUT2D eigenvalue weighted by Crippen LogP contribution is -2.35. The van der Waals surface area contributed by atoms with Gasteiger partial charge in [0, 0.05) is 12.8 Å². The number of ether oxygens (including phenoxy) is 2. The fourth-order valence-corrected chi connectivity index (χ4v) is 2.67. The first kappa shape index (κ1) is 13.9. The minimum Gasteiger partial charge on any atom is -0.478 e. The minimum atomic E-state index is -0.997. The second-order valence-electron chi connectivity index (χ2n) is 5.44. The van der Waals surface area contributed by atoms with Gasteiger partial charge in [-0.05, 0) is 32.0 Å². The van der Waals surface area contributed by atoms with Crippen molar-refractivity contribution in [1.82, 2.24) is 4.98 Å². The number of aromatic carboxylic acids is 1. The Kier molecular flexibility index (Phi) is 3.55. The largest absolute Gasteiger partial charge is 0.478 e. The molecule has 1 aromatic carbocycles. The maximum atomic E-state index is 10.9. The zero-order valence-electron chi connectivity index (χ0n) is 11.9. The van der Waals surface area contributed by atoms with Crippen molar-refractivity contribution in [3.8, 4) is 6.08 Å². The lowest BCUT2D eigenvalue weighted by Gasteiger charge is -2.31. The summed E-state index contributed by atoms with van der Waals surface area (Å²) in [5, 5.41) is 8.96. The highest BCUT2D eigenvalue weighted by molar-refractivity contribution is 5.91. The summed E-state index contributed by atoms with van der Waals surface area (Å²) >= 11 is 0. The first-order valence-electron chi connectivity index (χ1n) is 6.97. The first-order chi connectivity index (χ1) is 10.0. The van der Waals surface area contributed by atoms with Crippen LogP contribution in [0.15, 0.2) is 22.6 Å². The number of aromatic nitrogens is 1. The van der Waals surface area contributed by atoms with Gasteiger partial charge in [0.2, 0.25) is 0 Å². The Morgan fingerprint density at radius 3 is 2.71 bits per heavy atom. The van der Waals surface area contributed by atoms with Gasteiger partial charge in [-0.1, -0.05) is 0 Å². The zero-order chi connectivity index (χ0) is 15.0. The number of rotatable bonds is 3. The number of carboxylic acids is 1.